The Kier molecular flexibility index (Phi) is 7.52. The molecule has 0 radical (unpaired) electrons. The summed E-state index contributed by atoms with van der Waals surface area (Å²) in [5.41, 5.74) is 8.63. The standard InChI is InChI=1S/C18H18ClN5O.C2H6/c1-3-5-6-12(4-2)17-21-18(23-25-17)24-11-15(20)16(22-24)13-7-9-14(19)10-8-13;1-2/h3-10,15H,2,11,20H2,1H3;1-2H3/b5-3-,12-6+;. The maximum Gasteiger partial charge on any atom is 0.286 e. The van der Waals surface area contributed by atoms with Crippen LogP contribution in [0.15, 0.2) is 64.8 Å². The number of nitrogens with zero attached hydrogens (tertiary/aromatic N) is 4. The molecule has 0 amide bonds. The summed E-state index contributed by atoms with van der Waals surface area (Å²) in [5, 5.41) is 10.8. The molecule has 0 saturated carbocycles. The SMILES string of the molecule is C=C/C(=C\C=C/C)c1nc(N2CC(N)C(c3ccc(Cl)cc3)=N2)no1.CC. The van der Waals surface area contributed by atoms with Gasteiger partial charge in [-0.3, -0.25) is 0 Å². The van der Waals surface area contributed by atoms with Crippen molar-refractivity contribution in [2.24, 2.45) is 10.8 Å². The third-order valence-electron chi connectivity index (χ3n) is 3.67. The number of halogens is 1. The Labute approximate surface area is 164 Å². The molecule has 1 unspecified atom stereocenters. The number of nitrogens with two attached hydrogens (primary N) is 1. The van der Waals surface area contributed by atoms with Gasteiger partial charge in [-0.2, -0.15) is 10.1 Å². The van der Waals surface area contributed by atoms with E-state index in [9.17, 15) is 0 Å². The smallest absolute Gasteiger partial charge is 0.286 e. The van der Waals surface area contributed by atoms with Crippen LogP contribution >= 0.6 is 11.6 Å². The first-order valence-corrected chi connectivity index (χ1v) is 9.17. The van der Waals surface area contributed by atoms with E-state index in [1.54, 1.807) is 11.1 Å². The number of hydrazone groups is 1. The number of benzene rings is 1. The molecule has 1 aliphatic rings. The van der Waals surface area contributed by atoms with Crippen molar-refractivity contribution < 1.29 is 4.52 Å². The van der Waals surface area contributed by atoms with Crippen molar-refractivity contribution >= 4 is 28.8 Å². The first-order valence-electron chi connectivity index (χ1n) is 8.79. The van der Waals surface area contributed by atoms with Crippen molar-refractivity contribution in [1.82, 2.24) is 10.1 Å². The highest BCUT2D eigenvalue weighted by Gasteiger charge is 2.28. The summed E-state index contributed by atoms with van der Waals surface area (Å²) in [6.45, 7) is 10.2. The van der Waals surface area contributed by atoms with E-state index >= 15 is 0 Å². The lowest BCUT2D eigenvalue weighted by atomic mass is 10.1. The molecular weight excluding hydrogens is 362 g/mol. The quantitative estimate of drug-likeness (QED) is 0.769. The molecule has 0 bridgehead atoms. The molecule has 3 rings (SSSR count). The zero-order valence-corrected chi connectivity index (χ0v) is 16.5. The highest BCUT2D eigenvalue weighted by Crippen LogP contribution is 2.22. The van der Waals surface area contributed by atoms with E-state index in [4.69, 9.17) is 21.9 Å². The van der Waals surface area contributed by atoms with Crippen molar-refractivity contribution in [3.05, 3.63) is 71.6 Å². The number of anilines is 1. The van der Waals surface area contributed by atoms with Gasteiger partial charge < -0.3 is 10.3 Å². The van der Waals surface area contributed by atoms with Gasteiger partial charge in [-0.25, -0.2) is 5.01 Å². The first kappa shape index (κ1) is 20.6. The Morgan fingerprint density at radius 2 is 2.04 bits per heavy atom. The highest BCUT2D eigenvalue weighted by atomic mass is 35.5. The Balaban J connectivity index is 0.00000126. The van der Waals surface area contributed by atoms with Crippen molar-refractivity contribution in [1.29, 1.82) is 0 Å². The molecule has 7 heteroatoms. The molecule has 0 aliphatic carbocycles. The number of hydrogen-bond acceptors (Lipinski definition) is 6. The summed E-state index contributed by atoms with van der Waals surface area (Å²) in [4.78, 5) is 4.38. The third kappa shape index (κ3) is 4.93. The van der Waals surface area contributed by atoms with E-state index in [1.807, 2.05) is 63.3 Å². The second-order valence-electron chi connectivity index (χ2n) is 5.43. The van der Waals surface area contributed by atoms with Crippen LogP contribution in [0, 0.1) is 0 Å². The van der Waals surface area contributed by atoms with Crippen LogP contribution < -0.4 is 10.7 Å². The fourth-order valence-electron chi connectivity index (χ4n) is 2.40. The lowest BCUT2D eigenvalue weighted by molar-refractivity contribution is 0.407. The number of rotatable bonds is 5. The van der Waals surface area contributed by atoms with E-state index in [2.05, 4.69) is 21.8 Å². The van der Waals surface area contributed by atoms with Gasteiger partial charge >= 0.3 is 0 Å². The lowest BCUT2D eigenvalue weighted by Crippen LogP contribution is -2.33. The highest BCUT2D eigenvalue weighted by molar-refractivity contribution is 6.30. The van der Waals surface area contributed by atoms with Gasteiger partial charge in [0.15, 0.2) is 0 Å². The fraction of sp³-hybridized carbons (Fsp3) is 0.250. The topological polar surface area (TPSA) is 80.5 Å². The van der Waals surface area contributed by atoms with Gasteiger partial charge in [0.05, 0.1) is 18.3 Å². The van der Waals surface area contributed by atoms with Crippen molar-refractivity contribution in [2.45, 2.75) is 26.8 Å². The summed E-state index contributed by atoms with van der Waals surface area (Å²) in [5.74, 6) is 0.745. The van der Waals surface area contributed by atoms with Gasteiger partial charge in [-0.1, -0.05) is 62.4 Å². The number of allylic oxidation sites excluding steroid dienone is 5. The van der Waals surface area contributed by atoms with E-state index in [0.29, 0.717) is 23.4 Å². The molecular formula is C20H24ClN5O. The normalized spacial score (nSPS) is 16.9. The molecule has 0 fully saturated rings. The maximum absolute atomic E-state index is 6.21. The minimum atomic E-state index is -0.249. The molecule has 1 aliphatic heterocycles. The summed E-state index contributed by atoms with van der Waals surface area (Å²) in [7, 11) is 0. The summed E-state index contributed by atoms with van der Waals surface area (Å²) < 4.78 is 5.32. The van der Waals surface area contributed by atoms with E-state index in [0.717, 1.165) is 16.8 Å². The predicted octanol–water partition coefficient (Wildman–Crippen LogP) is 4.45. The van der Waals surface area contributed by atoms with Crippen LogP contribution in [0.5, 0.6) is 0 Å². The van der Waals surface area contributed by atoms with E-state index in [-0.39, 0.29) is 6.04 Å². The van der Waals surface area contributed by atoms with E-state index in [1.165, 1.54) is 0 Å². The Hall–Kier alpha value is -2.70. The molecule has 142 valence electrons. The third-order valence-corrected chi connectivity index (χ3v) is 3.92. The molecule has 0 spiro atoms. The zero-order valence-electron chi connectivity index (χ0n) is 15.8. The molecule has 1 aromatic carbocycles. The van der Waals surface area contributed by atoms with Crippen molar-refractivity contribution in [2.75, 3.05) is 11.6 Å². The van der Waals surface area contributed by atoms with Gasteiger partial charge in [-0.15, -0.1) is 0 Å². The van der Waals surface area contributed by atoms with Gasteiger partial charge in [-0.05, 0) is 35.9 Å². The Morgan fingerprint density at radius 3 is 2.67 bits per heavy atom. The molecule has 2 heterocycles. The summed E-state index contributed by atoms with van der Waals surface area (Å²) in [6, 6.07) is 7.15. The minimum absolute atomic E-state index is 0.249. The van der Waals surface area contributed by atoms with E-state index < -0.39 is 0 Å². The molecule has 6 nitrogen and oxygen atoms in total. The molecule has 2 N–H and O–H groups in total. The lowest BCUT2D eigenvalue weighted by Gasteiger charge is -2.07. The van der Waals surface area contributed by atoms with Crippen LogP contribution in [0.4, 0.5) is 5.95 Å². The van der Waals surface area contributed by atoms with Gasteiger partial charge in [0, 0.05) is 10.6 Å². The molecule has 1 aromatic heterocycles. The van der Waals surface area contributed by atoms with Crippen LogP contribution in [0.3, 0.4) is 0 Å². The summed E-state index contributed by atoms with van der Waals surface area (Å²) in [6.07, 6.45) is 7.30. The van der Waals surface area contributed by atoms with Crippen LogP contribution in [0.2, 0.25) is 5.02 Å². The van der Waals surface area contributed by atoms with Gasteiger partial charge in [0.25, 0.3) is 11.8 Å². The Bertz CT molecular complexity index is 852. The molecule has 27 heavy (non-hydrogen) atoms. The average Bonchev–Trinajstić information content (AvgIpc) is 3.32. The average molecular weight is 386 g/mol. The maximum atomic E-state index is 6.21. The van der Waals surface area contributed by atoms with Crippen molar-refractivity contribution in [3.63, 3.8) is 0 Å². The molecule has 1 atom stereocenters. The first-order chi connectivity index (χ1) is 13.1. The Morgan fingerprint density at radius 1 is 1.33 bits per heavy atom. The minimum Gasteiger partial charge on any atom is -0.332 e. The number of aromatic nitrogens is 2. The summed E-state index contributed by atoms with van der Waals surface area (Å²) >= 11 is 5.93. The number of hydrogen-bond donors (Lipinski definition) is 1. The van der Waals surface area contributed by atoms with Crippen LogP contribution in [-0.2, 0) is 0 Å². The second kappa shape index (κ2) is 9.85. The monoisotopic (exact) mass is 385 g/mol. The fourth-order valence-corrected chi connectivity index (χ4v) is 2.53. The van der Waals surface area contributed by atoms with Crippen LogP contribution in [-0.4, -0.2) is 28.4 Å². The largest absolute Gasteiger partial charge is 0.332 e. The van der Waals surface area contributed by atoms with Crippen LogP contribution in [0.25, 0.3) is 5.57 Å². The predicted molar refractivity (Wildman–Crippen MR) is 112 cm³/mol. The molecule has 0 saturated heterocycles. The van der Waals surface area contributed by atoms with Crippen LogP contribution in [0.1, 0.15) is 32.2 Å². The molecule has 2 aromatic rings. The zero-order chi connectivity index (χ0) is 19.8. The van der Waals surface area contributed by atoms with Crippen molar-refractivity contribution in [3.8, 4) is 0 Å². The second-order valence-corrected chi connectivity index (χ2v) is 5.87. The van der Waals surface area contributed by atoms with Gasteiger partial charge in [0.1, 0.15) is 0 Å². The van der Waals surface area contributed by atoms with Gasteiger partial charge in [0.2, 0.25) is 0 Å².